The first kappa shape index (κ1) is 10.1. The van der Waals surface area contributed by atoms with E-state index in [9.17, 15) is 0 Å². The first-order chi connectivity index (χ1) is 7.93. The summed E-state index contributed by atoms with van der Waals surface area (Å²) in [4.78, 5) is 7.94. The molecule has 2 aromatic rings. The normalized spacial score (nSPS) is 17.8. The zero-order valence-electron chi connectivity index (χ0n) is 9.07. The monoisotopic (exact) mass is 233 g/mol. The van der Waals surface area contributed by atoms with E-state index in [4.69, 9.17) is 4.98 Å². The zero-order valence-corrected chi connectivity index (χ0v) is 9.89. The molecule has 0 bridgehead atoms. The van der Waals surface area contributed by atoms with Gasteiger partial charge in [-0.2, -0.15) is 0 Å². The van der Waals surface area contributed by atoms with Crippen LogP contribution < -0.4 is 5.32 Å². The Balaban J connectivity index is 1.82. The van der Waals surface area contributed by atoms with Crippen molar-refractivity contribution >= 4 is 11.3 Å². The van der Waals surface area contributed by atoms with Crippen molar-refractivity contribution in [2.45, 2.75) is 18.8 Å². The van der Waals surface area contributed by atoms with Crippen molar-refractivity contribution in [1.82, 2.24) is 15.3 Å². The molecule has 84 valence electrons. The Bertz CT molecular complexity index is 441. The van der Waals surface area contributed by atoms with Gasteiger partial charge in [-0.15, -0.1) is 11.3 Å². The van der Waals surface area contributed by atoms with E-state index in [-0.39, 0.29) is 0 Å². The van der Waals surface area contributed by atoms with Crippen LogP contribution in [0.5, 0.6) is 0 Å². The minimum Gasteiger partial charge on any atom is -0.359 e. The average Bonchev–Trinajstić information content (AvgIpc) is 3.01. The number of hydrogen-bond donors (Lipinski definition) is 2. The molecule has 16 heavy (non-hydrogen) atoms. The van der Waals surface area contributed by atoms with Crippen LogP contribution in [0, 0.1) is 0 Å². The Hall–Kier alpha value is -1.13. The lowest BCUT2D eigenvalue weighted by Crippen LogP contribution is -2.26. The standard InChI is InChI=1S/C12H15N3S/c1-2-10(14-5-1)12-15-11(8-16-12)9-3-6-13-7-4-9/h1-2,5,8-9,13-14H,3-4,6-7H2. The number of piperidine rings is 1. The van der Waals surface area contributed by atoms with Gasteiger partial charge in [0.05, 0.1) is 11.4 Å². The minimum atomic E-state index is 0.654. The van der Waals surface area contributed by atoms with Crippen molar-refractivity contribution in [1.29, 1.82) is 0 Å². The SMILES string of the molecule is c1c[nH]c(-c2nc(C3CCNCC3)cs2)c1. The van der Waals surface area contributed by atoms with E-state index < -0.39 is 0 Å². The summed E-state index contributed by atoms with van der Waals surface area (Å²) in [6.07, 6.45) is 4.38. The van der Waals surface area contributed by atoms with Gasteiger partial charge in [0.1, 0.15) is 5.01 Å². The van der Waals surface area contributed by atoms with Crippen molar-refractivity contribution in [3.63, 3.8) is 0 Å². The summed E-state index contributed by atoms with van der Waals surface area (Å²) in [5, 5.41) is 6.71. The summed E-state index contributed by atoms with van der Waals surface area (Å²) in [5.74, 6) is 0.654. The van der Waals surface area contributed by atoms with E-state index in [0.29, 0.717) is 5.92 Å². The zero-order chi connectivity index (χ0) is 10.8. The molecule has 1 aliphatic rings. The Morgan fingerprint density at radius 1 is 1.31 bits per heavy atom. The van der Waals surface area contributed by atoms with Crippen LogP contribution in [-0.4, -0.2) is 23.1 Å². The molecular formula is C12H15N3S. The highest BCUT2D eigenvalue weighted by Crippen LogP contribution is 2.29. The highest BCUT2D eigenvalue weighted by molar-refractivity contribution is 7.13. The number of H-pyrrole nitrogens is 1. The summed E-state index contributed by atoms with van der Waals surface area (Å²) in [7, 11) is 0. The van der Waals surface area contributed by atoms with Gasteiger partial charge in [-0.05, 0) is 38.1 Å². The Labute approximate surface area is 98.9 Å². The van der Waals surface area contributed by atoms with E-state index in [0.717, 1.165) is 23.8 Å². The van der Waals surface area contributed by atoms with E-state index in [1.54, 1.807) is 11.3 Å². The maximum Gasteiger partial charge on any atom is 0.139 e. The molecule has 0 amide bonds. The van der Waals surface area contributed by atoms with Crippen molar-refractivity contribution in [3.05, 3.63) is 29.4 Å². The van der Waals surface area contributed by atoms with Gasteiger partial charge in [0.25, 0.3) is 0 Å². The maximum absolute atomic E-state index is 4.74. The van der Waals surface area contributed by atoms with E-state index >= 15 is 0 Å². The second-order valence-corrected chi connectivity index (χ2v) is 5.04. The van der Waals surface area contributed by atoms with Crippen LogP contribution in [0.15, 0.2) is 23.7 Å². The predicted molar refractivity (Wildman–Crippen MR) is 66.7 cm³/mol. The lowest BCUT2D eigenvalue weighted by Gasteiger charge is -2.20. The largest absolute Gasteiger partial charge is 0.359 e. The average molecular weight is 233 g/mol. The van der Waals surface area contributed by atoms with Gasteiger partial charge in [0.15, 0.2) is 0 Å². The molecule has 0 aromatic carbocycles. The van der Waals surface area contributed by atoms with Crippen LogP contribution in [0.25, 0.3) is 10.7 Å². The second kappa shape index (κ2) is 4.39. The number of aromatic nitrogens is 2. The molecule has 1 fully saturated rings. The Kier molecular flexibility index (Phi) is 2.76. The maximum atomic E-state index is 4.74. The number of rotatable bonds is 2. The summed E-state index contributed by atoms with van der Waals surface area (Å²) in [6.45, 7) is 2.25. The van der Waals surface area contributed by atoms with Gasteiger partial charge in [-0.1, -0.05) is 0 Å². The first-order valence-corrected chi connectivity index (χ1v) is 6.61. The van der Waals surface area contributed by atoms with Crippen molar-refractivity contribution in [3.8, 4) is 10.7 Å². The van der Waals surface area contributed by atoms with E-state index in [1.165, 1.54) is 18.5 Å². The summed E-state index contributed by atoms with van der Waals surface area (Å²) < 4.78 is 0. The van der Waals surface area contributed by atoms with E-state index in [1.807, 2.05) is 12.3 Å². The number of aromatic amines is 1. The fourth-order valence-corrected chi connectivity index (χ4v) is 3.07. The van der Waals surface area contributed by atoms with Gasteiger partial charge in [0.2, 0.25) is 0 Å². The third-order valence-electron chi connectivity index (χ3n) is 3.11. The molecule has 0 aliphatic carbocycles. The molecule has 2 aromatic heterocycles. The molecule has 0 radical (unpaired) electrons. The molecule has 0 unspecified atom stereocenters. The molecule has 1 saturated heterocycles. The smallest absolute Gasteiger partial charge is 0.139 e. The Morgan fingerprint density at radius 2 is 2.19 bits per heavy atom. The third-order valence-corrected chi connectivity index (χ3v) is 4.00. The molecule has 0 spiro atoms. The predicted octanol–water partition coefficient (Wildman–Crippen LogP) is 2.61. The van der Waals surface area contributed by atoms with Crippen LogP contribution in [0.4, 0.5) is 0 Å². The molecule has 0 saturated carbocycles. The fourth-order valence-electron chi connectivity index (χ4n) is 2.18. The van der Waals surface area contributed by atoms with Crippen LogP contribution >= 0.6 is 11.3 Å². The molecule has 3 rings (SSSR count). The number of nitrogens with one attached hydrogen (secondary N) is 2. The lowest BCUT2D eigenvalue weighted by molar-refractivity contribution is 0.455. The van der Waals surface area contributed by atoms with Crippen LogP contribution in [0.1, 0.15) is 24.5 Å². The number of nitrogens with zero attached hydrogens (tertiary/aromatic N) is 1. The van der Waals surface area contributed by atoms with Crippen LogP contribution in [0.2, 0.25) is 0 Å². The molecule has 1 aliphatic heterocycles. The topological polar surface area (TPSA) is 40.7 Å². The molecule has 3 nitrogen and oxygen atoms in total. The fraction of sp³-hybridized carbons (Fsp3) is 0.417. The van der Waals surface area contributed by atoms with E-state index in [2.05, 4.69) is 21.7 Å². The molecule has 0 atom stereocenters. The van der Waals surface area contributed by atoms with Gasteiger partial charge in [-0.25, -0.2) is 4.98 Å². The summed E-state index contributed by atoms with van der Waals surface area (Å²) in [6, 6.07) is 4.09. The van der Waals surface area contributed by atoms with Crippen molar-refractivity contribution in [2.24, 2.45) is 0 Å². The number of hydrogen-bond acceptors (Lipinski definition) is 3. The quantitative estimate of drug-likeness (QED) is 0.837. The lowest BCUT2D eigenvalue weighted by atomic mass is 9.95. The molecule has 4 heteroatoms. The van der Waals surface area contributed by atoms with Gasteiger partial charge in [-0.3, -0.25) is 0 Å². The van der Waals surface area contributed by atoms with Gasteiger partial charge >= 0.3 is 0 Å². The minimum absolute atomic E-state index is 0.654. The third kappa shape index (κ3) is 1.90. The van der Waals surface area contributed by atoms with Gasteiger partial charge in [0, 0.05) is 17.5 Å². The summed E-state index contributed by atoms with van der Waals surface area (Å²) >= 11 is 1.74. The molecule has 3 heterocycles. The van der Waals surface area contributed by atoms with Crippen molar-refractivity contribution in [2.75, 3.05) is 13.1 Å². The molecule has 2 N–H and O–H groups in total. The second-order valence-electron chi connectivity index (χ2n) is 4.19. The summed E-state index contributed by atoms with van der Waals surface area (Å²) in [5.41, 5.74) is 2.40. The highest BCUT2D eigenvalue weighted by Gasteiger charge is 2.18. The molecular weight excluding hydrogens is 218 g/mol. The first-order valence-electron chi connectivity index (χ1n) is 5.73. The highest BCUT2D eigenvalue weighted by atomic mass is 32.1. The van der Waals surface area contributed by atoms with Crippen LogP contribution in [-0.2, 0) is 0 Å². The van der Waals surface area contributed by atoms with Gasteiger partial charge < -0.3 is 10.3 Å². The Morgan fingerprint density at radius 3 is 2.94 bits per heavy atom. The van der Waals surface area contributed by atoms with Crippen molar-refractivity contribution < 1.29 is 0 Å². The number of thiazole rings is 1. The van der Waals surface area contributed by atoms with Crippen LogP contribution in [0.3, 0.4) is 0 Å².